The maximum absolute atomic E-state index is 12.2. The molecule has 0 aliphatic carbocycles. The largest absolute Gasteiger partial charge is 0.345 e. The molecule has 0 radical (unpaired) electrons. The number of aromatic nitrogens is 4. The van der Waals surface area contributed by atoms with Crippen molar-refractivity contribution in [3.05, 3.63) is 96.4 Å². The van der Waals surface area contributed by atoms with Crippen molar-refractivity contribution in [3.63, 3.8) is 0 Å². The molecule has 2 aromatic carbocycles. The van der Waals surface area contributed by atoms with Gasteiger partial charge in [0.05, 0.1) is 17.4 Å². The van der Waals surface area contributed by atoms with Crippen LogP contribution in [0.2, 0.25) is 0 Å². The Morgan fingerprint density at radius 1 is 1.00 bits per heavy atom. The highest BCUT2D eigenvalue weighted by atomic mass is 16.2. The molecule has 3 aromatic heterocycles. The minimum atomic E-state index is -0.0206. The first-order valence-corrected chi connectivity index (χ1v) is 11.1. The SMILES string of the molecule is CN(C)C(=O)c1ccc(Nc2cc3c(cn2)cc(-c2cnn(C)c2)n3Cc2ccccc2)cc1. The van der Waals surface area contributed by atoms with Crippen LogP contribution in [-0.2, 0) is 13.6 Å². The average molecular weight is 451 g/mol. The van der Waals surface area contributed by atoms with Crippen LogP contribution in [0, 0.1) is 0 Å². The molecular weight excluding hydrogens is 424 g/mol. The summed E-state index contributed by atoms with van der Waals surface area (Å²) in [7, 11) is 5.42. The molecule has 0 fully saturated rings. The van der Waals surface area contributed by atoms with Gasteiger partial charge >= 0.3 is 0 Å². The molecule has 5 rings (SSSR count). The molecule has 170 valence electrons. The molecule has 0 aliphatic rings. The Bertz CT molecular complexity index is 1450. The fourth-order valence-corrected chi connectivity index (χ4v) is 4.05. The Balaban J connectivity index is 1.51. The van der Waals surface area contributed by atoms with Gasteiger partial charge in [-0.15, -0.1) is 0 Å². The number of hydrogen-bond acceptors (Lipinski definition) is 4. The summed E-state index contributed by atoms with van der Waals surface area (Å²) < 4.78 is 4.11. The number of fused-ring (bicyclic) bond motifs is 1. The van der Waals surface area contributed by atoms with Gasteiger partial charge in [-0.3, -0.25) is 9.48 Å². The molecule has 3 heterocycles. The average Bonchev–Trinajstić information content (AvgIpc) is 3.43. The highest BCUT2D eigenvalue weighted by Gasteiger charge is 2.14. The second kappa shape index (κ2) is 8.86. The number of amides is 1. The lowest BCUT2D eigenvalue weighted by Gasteiger charge is -2.12. The number of carbonyl (C=O) groups excluding carboxylic acids is 1. The number of rotatable bonds is 6. The van der Waals surface area contributed by atoms with E-state index < -0.39 is 0 Å². The van der Waals surface area contributed by atoms with Crippen molar-refractivity contribution in [2.24, 2.45) is 7.05 Å². The summed E-state index contributed by atoms with van der Waals surface area (Å²) >= 11 is 0. The Morgan fingerprint density at radius 2 is 1.76 bits per heavy atom. The number of nitrogens with zero attached hydrogens (tertiary/aromatic N) is 5. The Labute approximate surface area is 198 Å². The maximum Gasteiger partial charge on any atom is 0.253 e. The van der Waals surface area contributed by atoms with E-state index in [2.05, 4.69) is 56.4 Å². The summed E-state index contributed by atoms with van der Waals surface area (Å²) in [6, 6.07) is 22.1. The van der Waals surface area contributed by atoms with E-state index >= 15 is 0 Å². The molecule has 1 amide bonds. The van der Waals surface area contributed by atoms with Crippen LogP contribution >= 0.6 is 0 Å². The molecule has 0 bridgehead atoms. The molecule has 7 nitrogen and oxygen atoms in total. The van der Waals surface area contributed by atoms with Crippen molar-refractivity contribution < 1.29 is 4.79 Å². The molecular formula is C27H26N6O. The number of hydrogen-bond donors (Lipinski definition) is 1. The topological polar surface area (TPSA) is 68.0 Å². The molecule has 0 saturated carbocycles. The van der Waals surface area contributed by atoms with E-state index in [4.69, 9.17) is 0 Å². The third kappa shape index (κ3) is 4.28. The van der Waals surface area contributed by atoms with Crippen molar-refractivity contribution in [2.75, 3.05) is 19.4 Å². The number of aryl methyl sites for hydroxylation is 1. The molecule has 0 spiro atoms. The Hall–Kier alpha value is -4.39. The lowest BCUT2D eigenvalue weighted by molar-refractivity contribution is 0.0827. The highest BCUT2D eigenvalue weighted by Crippen LogP contribution is 2.30. The normalized spacial score (nSPS) is 11.0. The maximum atomic E-state index is 12.2. The molecule has 34 heavy (non-hydrogen) atoms. The van der Waals surface area contributed by atoms with Crippen LogP contribution < -0.4 is 5.32 Å². The molecule has 0 atom stereocenters. The third-order valence-corrected chi connectivity index (χ3v) is 5.78. The molecule has 0 aliphatic heterocycles. The zero-order valence-corrected chi connectivity index (χ0v) is 19.4. The molecule has 0 unspecified atom stereocenters. The van der Waals surface area contributed by atoms with Crippen molar-refractivity contribution in [1.82, 2.24) is 24.2 Å². The van der Waals surface area contributed by atoms with Gasteiger partial charge in [0, 0.05) is 68.3 Å². The summed E-state index contributed by atoms with van der Waals surface area (Å²) in [4.78, 5) is 18.3. The number of carbonyl (C=O) groups is 1. The second-order valence-corrected chi connectivity index (χ2v) is 8.53. The van der Waals surface area contributed by atoms with E-state index in [1.54, 1.807) is 19.0 Å². The minimum Gasteiger partial charge on any atom is -0.345 e. The predicted molar refractivity (Wildman–Crippen MR) is 135 cm³/mol. The van der Waals surface area contributed by atoms with Gasteiger partial charge in [0.25, 0.3) is 5.91 Å². The van der Waals surface area contributed by atoms with Crippen LogP contribution in [0.3, 0.4) is 0 Å². The zero-order chi connectivity index (χ0) is 23.7. The quantitative estimate of drug-likeness (QED) is 0.398. The first-order chi connectivity index (χ1) is 16.5. The van der Waals surface area contributed by atoms with E-state index in [1.807, 2.05) is 60.7 Å². The van der Waals surface area contributed by atoms with Gasteiger partial charge in [0.15, 0.2) is 0 Å². The van der Waals surface area contributed by atoms with E-state index in [1.165, 1.54) is 5.56 Å². The summed E-state index contributed by atoms with van der Waals surface area (Å²) in [6.45, 7) is 0.735. The Kier molecular flexibility index (Phi) is 5.59. The fraction of sp³-hybridized carbons (Fsp3) is 0.148. The monoisotopic (exact) mass is 450 g/mol. The van der Waals surface area contributed by atoms with Gasteiger partial charge in [-0.2, -0.15) is 5.10 Å². The first kappa shape index (κ1) is 21.5. The summed E-state index contributed by atoms with van der Waals surface area (Å²) in [5.41, 5.74) is 5.98. The first-order valence-electron chi connectivity index (χ1n) is 11.1. The fourth-order valence-electron chi connectivity index (χ4n) is 4.05. The number of anilines is 2. The lowest BCUT2D eigenvalue weighted by atomic mass is 10.2. The van der Waals surface area contributed by atoms with Gasteiger partial charge < -0.3 is 14.8 Å². The smallest absolute Gasteiger partial charge is 0.253 e. The van der Waals surface area contributed by atoms with Gasteiger partial charge in [-0.05, 0) is 35.9 Å². The van der Waals surface area contributed by atoms with E-state index in [9.17, 15) is 4.79 Å². The summed E-state index contributed by atoms with van der Waals surface area (Å²) in [5, 5.41) is 8.80. The van der Waals surface area contributed by atoms with Gasteiger partial charge in [0.1, 0.15) is 5.82 Å². The number of pyridine rings is 1. The molecule has 1 N–H and O–H groups in total. The Morgan fingerprint density at radius 3 is 2.44 bits per heavy atom. The summed E-state index contributed by atoms with van der Waals surface area (Å²) in [5.74, 6) is 0.720. The van der Waals surface area contributed by atoms with Crippen LogP contribution in [0.1, 0.15) is 15.9 Å². The van der Waals surface area contributed by atoms with Crippen LogP contribution in [0.5, 0.6) is 0 Å². The van der Waals surface area contributed by atoms with Gasteiger partial charge in [0.2, 0.25) is 0 Å². The van der Waals surface area contributed by atoms with Crippen molar-refractivity contribution >= 4 is 28.3 Å². The zero-order valence-electron chi connectivity index (χ0n) is 19.4. The van der Waals surface area contributed by atoms with Crippen LogP contribution in [0.25, 0.3) is 22.2 Å². The van der Waals surface area contributed by atoms with E-state index in [-0.39, 0.29) is 5.91 Å². The van der Waals surface area contributed by atoms with E-state index in [0.717, 1.165) is 40.2 Å². The lowest BCUT2D eigenvalue weighted by Crippen LogP contribution is -2.21. The molecule has 5 aromatic rings. The third-order valence-electron chi connectivity index (χ3n) is 5.78. The number of benzene rings is 2. The minimum absolute atomic E-state index is 0.0206. The van der Waals surface area contributed by atoms with Crippen LogP contribution in [0.15, 0.2) is 85.3 Å². The predicted octanol–water partition coefficient (Wildman–Crippen LogP) is 4.93. The number of nitrogens with one attached hydrogen (secondary N) is 1. The standard InChI is InChI=1S/C27H26N6O/c1-31(2)27(34)20-9-11-23(12-10-20)30-26-14-25-21(15-28-26)13-24(22-16-29-32(3)18-22)33(25)17-19-7-5-4-6-8-19/h4-16,18H,17H2,1-3H3,(H,28,30). The van der Waals surface area contributed by atoms with Gasteiger partial charge in [-0.1, -0.05) is 30.3 Å². The van der Waals surface area contributed by atoms with Gasteiger partial charge in [-0.25, -0.2) is 4.98 Å². The van der Waals surface area contributed by atoms with Crippen molar-refractivity contribution in [3.8, 4) is 11.3 Å². The molecule has 0 saturated heterocycles. The highest BCUT2D eigenvalue weighted by molar-refractivity contribution is 5.94. The summed E-state index contributed by atoms with van der Waals surface area (Å²) in [6.07, 6.45) is 5.81. The second-order valence-electron chi connectivity index (χ2n) is 8.53. The van der Waals surface area contributed by atoms with Crippen LogP contribution in [0.4, 0.5) is 11.5 Å². The van der Waals surface area contributed by atoms with Crippen LogP contribution in [-0.4, -0.2) is 44.2 Å². The van der Waals surface area contributed by atoms with E-state index in [0.29, 0.717) is 5.56 Å². The van der Waals surface area contributed by atoms with Crippen molar-refractivity contribution in [1.29, 1.82) is 0 Å². The molecule has 7 heteroatoms. The van der Waals surface area contributed by atoms with Crippen molar-refractivity contribution in [2.45, 2.75) is 6.54 Å².